The first kappa shape index (κ1) is 16.3. The van der Waals surface area contributed by atoms with Gasteiger partial charge in [0, 0.05) is 6.42 Å². The highest BCUT2D eigenvalue weighted by atomic mass is 16.5. The molecule has 1 aromatic carbocycles. The molecular formula is C11H16B4O5. The van der Waals surface area contributed by atoms with Crippen LogP contribution in [0.4, 0.5) is 0 Å². The summed E-state index contributed by atoms with van der Waals surface area (Å²) < 4.78 is 5.03. The van der Waals surface area contributed by atoms with Crippen molar-refractivity contribution in [1.82, 2.24) is 0 Å². The molecule has 0 bridgehead atoms. The van der Waals surface area contributed by atoms with Crippen molar-refractivity contribution in [2.45, 2.75) is 12.8 Å². The summed E-state index contributed by atoms with van der Waals surface area (Å²) in [7, 11) is 7.28. The number of phenolic OH excluding ortho intramolecular Hbond substituents is 1. The van der Waals surface area contributed by atoms with Crippen LogP contribution < -0.4 is 21.9 Å². The second-order valence-electron chi connectivity index (χ2n) is 4.86. The Morgan fingerprint density at radius 3 is 2.10 bits per heavy atom. The Morgan fingerprint density at radius 2 is 1.55 bits per heavy atom. The SMILES string of the molecule is Bc1c(B)c(B)c(C(=O)OCCCC(=O)O)c(O)c1B. The van der Waals surface area contributed by atoms with E-state index >= 15 is 0 Å². The lowest BCUT2D eigenvalue weighted by Crippen LogP contribution is -2.49. The van der Waals surface area contributed by atoms with Gasteiger partial charge in [0.05, 0.1) is 12.2 Å². The summed E-state index contributed by atoms with van der Waals surface area (Å²) in [6, 6.07) is 0. The van der Waals surface area contributed by atoms with Gasteiger partial charge in [0.25, 0.3) is 0 Å². The number of carboxylic acids is 1. The fourth-order valence-corrected chi connectivity index (χ4v) is 2.00. The van der Waals surface area contributed by atoms with Gasteiger partial charge in [0.2, 0.25) is 0 Å². The van der Waals surface area contributed by atoms with Crippen LogP contribution in [0, 0.1) is 0 Å². The van der Waals surface area contributed by atoms with Gasteiger partial charge in [-0.15, -0.1) is 5.46 Å². The van der Waals surface area contributed by atoms with Crippen LogP contribution in [0.15, 0.2) is 0 Å². The van der Waals surface area contributed by atoms with Gasteiger partial charge in [0.15, 0.2) is 0 Å². The second kappa shape index (κ2) is 6.59. The number of rotatable bonds is 5. The van der Waals surface area contributed by atoms with Crippen molar-refractivity contribution in [2.24, 2.45) is 0 Å². The lowest BCUT2D eigenvalue weighted by atomic mass is 9.65. The van der Waals surface area contributed by atoms with E-state index in [4.69, 9.17) is 9.84 Å². The fraction of sp³-hybridized carbons (Fsp3) is 0.273. The van der Waals surface area contributed by atoms with Gasteiger partial charge in [-0.05, 0) is 6.42 Å². The van der Waals surface area contributed by atoms with Gasteiger partial charge >= 0.3 is 11.9 Å². The molecule has 1 rings (SSSR count). The molecule has 20 heavy (non-hydrogen) atoms. The van der Waals surface area contributed by atoms with E-state index in [0.29, 0.717) is 10.9 Å². The molecule has 0 saturated heterocycles. The minimum absolute atomic E-state index is 0.0238. The Balaban J connectivity index is 2.91. The smallest absolute Gasteiger partial charge is 0.341 e. The summed E-state index contributed by atoms with van der Waals surface area (Å²) in [5.74, 6) is -1.60. The number of carboxylic acid groups (broad SMARTS) is 1. The zero-order valence-electron chi connectivity index (χ0n) is 12.2. The van der Waals surface area contributed by atoms with Crippen LogP contribution in [-0.2, 0) is 9.53 Å². The summed E-state index contributed by atoms with van der Waals surface area (Å²) in [6.45, 7) is 0.0238. The third-order valence-electron chi connectivity index (χ3n) is 3.63. The first-order valence-corrected chi connectivity index (χ1v) is 6.45. The van der Waals surface area contributed by atoms with Crippen molar-refractivity contribution < 1.29 is 24.5 Å². The summed E-state index contributed by atoms with van der Waals surface area (Å²) in [5.41, 5.74) is 3.40. The van der Waals surface area contributed by atoms with Crippen molar-refractivity contribution in [3.63, 3.8) is 0 Å². The van der Waals surface area contributed by atoms with Gasteiger partial charge in [0.1, 0.15) is 37.1 Å². The minimum Gasteiger partial charge on any atom is -0.508 e. The number of aliphatic carboxylic acids is 1. The first-order valence-electron chi connectivity index (χ1n) is 6.45. The maximum absolute atomic E-state index is 12.0. The first-order chi connectivity index (χ1) is 9.27. The van der Waals surface area contributed by atoms with E-state index in [-0.39, 0.29) is 30.8 Å². The molecule has 0 fully saturated rings. The predicted molar refractivity (Wildman–Crippen MR) is 88.0 cm³/mol. The molecule has 0 aliphatic rings. The van der Waals surface area contributed by atoms with Crippen molar-refractivity contribution in [1.29, 1.82) is 0 Å². The number of benzene rings is 1. The number of esters is 1. The minimum atomic E-state index is -0.929. The highest BCUT2D eigenvalue weighted by molar-refractivity contribution is 6.64. The molecule has 0 atom stereocenters. The Morgan fingerprint density at radius 1 is 1.00 bits per heavy atom. The van der Waals surface area contributed by atoms with E-state index in [2.05, 4.69) is 0 Å². The average molecular weight is 271 g/mol. The predicted octanol–water partition coefficient (Wildman–Crippen LogP) is -5.55. The van der Waals surface area contributed by atoms with E-state index in [1.165, 1.54) is 0 Å². The quantitative estimate of drug-likeness (QED) is 0.317. The summed E-state index contributed by atoms with van der Waals surface area (Å²) in [4.78, 5) is 22.4. The number of ether oxygens (including phenoxy) is 1. The van der Waals surface area contributed by atoms with Crippen LogP contribution in [0.1, 0.15) is 23.2 Å². The Kier molecular flexibility index (Phi) is 5.36. The van der Waals surface area contributed by atoms with E-state index in [0.717, 1.165) is 10.9 Å². The van der Waals surface area contributed by atoms with E-state index in [1.807, 2.05) is 15.7 Å². The summed E-state index contributed by atoms with van der Waals surface area (Å²) in [5, 5.41) is 18.6. The third kappa shape index (κ3) is 3.40. The van der Waals surface area contributed by atoms with Crippen LogP contribution in [0.3, 0.4) is 0 Å². The molecule has 102 valence electrons. The van der Waals surface area contributed by atoms with Gasteiger partial charge in [-0.2, -0.15) is 0 Å². The molecule has 0 unspecified atom stereocenters. The molecular weight excluding hydrogens is 255 g/mol. The highest BCUT2D eigenvalue weighted by Gasteiger charge is 2.20. The molecule has 0 spiro atoms. The Labute approximate surface area is 121 Å². The van der Waals surface area contributed by atoms with Crippen molar-refractivity contribution in [3.8, 4) is 5.75 Å². The number of hydrogen-bond acceptors (Lipinski definition) is 4. The largest absolute Gasteiger partial charge is 0.508 e. The van der Waals surface area contributed by atoms with Crippen molar-refractivity contribution in [2.75, 3.05) is 6.61 Å². The number of hydrogen-bond donors (Lipinski definition) is 2. The zero-order chi connectivity index (χ0) is 15.4. The standard InChI is InChI=1S/C11H16B4O5/c12-6-5(10(18)9(15)8(14)7(6)13)11(19)20-3-1-2-4(16)17/h18H,1-3,12-15H2,(H,16,17). The van der Waals surface area contributed by atoms with Crippen LogP contribution in [0.2, 0.25) is 0 Å². The molecule has 0 aliphatic carbocycles. The van der Waals surface area contributed by atoms with Crippen LogP contribution in [0.5, 0.6) is 5.75 Å². The van der Waals surface area contributed by atoms with Crippen LogP contribution in [-0.4, -0.2) is 60.1 Å². The van der Waals surface area contributed by atoms with Crippen LogP contribution >= 0.6 is 0 Å². The highest BCUT2D eigenvalue weighted by Crippen LogP contribution is 2.10. The molecule has 5 nitrogen and oxygen atoms in total. The maximum Gasteiger partial charge on any atom is 0.341 e. The molecule has 2 N–H and O–H groups in total. The normalized spacial score (nSPS) is 10.2. The molecule has 0 heterocycles. The lowest BCUT2D eigenvalue weighted by Gasteiger charge is -2.17. The molecule has 0 radical (unpaired) electrons. The summed E-state index contributed by atoms with van der Waals surface area (Å²) >= 11 is 0. The van der Waals surface area contributed by atoms with E-state index < -0.39 is 11.9 Å². The Bertz CT molecular complexity index is 529. The fourth-order valence-electron chi connectivity index (χ4n) is 2.00. The molecule has 0 amide bonds. The second-order valence-corrected chi connectivity index (χ2v) is 4.86. The average Bonchev–Trinajstić information content (AvgIpc) is 2.39. The lowest BCUT2D eigenvalue weighted by molar-refractivity contribution is -0.137. The third-order valence-corrected chi connectivity index (χ3v) is 3.63. The molecule has 0 saturated carbocycles. The number of carbonyl (C=O) groups excluding carboxylic acids is 1. The van der Waals surface area contributed by atoms with Gasteiger partial charge in [-0.3, -0.25) is 4.79 Å². The molecule has 9 heteroatoms. The zero-order valence-corrected chi connectivity index (χ0v) is 12.2. The Hall–Kier alpha value is -1.78. The van der Waals surface area contributed by atoms with Crippen molar-refractivity contribution in [3.05, 3.63) is 5.56 Å². The van der Waals surface area contributed by atoms with E-state index in [9.17, 15) is 14.7 Å². The number of carbonyl (C=O) groups is 2. The van der Waals surface area contributed by atoms with Gasteiger partial charge in [-0.25, -0.2) is 4.79 Å². The topological polar surface area (TPSA) is 83.8 Å². The maximum atomic E-state index is 12.0. The summed E-state index contributed by atoms with van der Waals surface area (Å²) in [6.07, 6.45) is 0.203. The molecule has 1 aromatic rings. The van der Waals surface area contributed by atoms with Crippen molar-refractivity contribution >= 4 is 65.2 Å². The number of phenols is 1. The van der Waals surface area contributed by atoms with Gasteiger partial charge < -0.3 is 14.9 Å². The molecule has 0 aliphatic heterocycles. The number of aromatic hydroxyl groups is 1. The monoisotopic (exact) mass is 272 g/mol. The van der Waals surface area contributed by atoms with Crippen LogP contribution in [0.25, 0.3) is 0 Å². The van der Waals surface area contributed by atoms with Gasteiger partial charge in [-0.1, -0.05) is 16.4 Å². The molecule has 0 aromatic heterocycles. The van der Waals surface area contributed by atoms with E-state index in [1.54, 1.807) is 15.7 Å².